The molecule has 3 aromatic heterocycles. The SMILES string of the molecule is CC1CCC(C(=O)NC2CC2)CN1c1ccnc2cnc3[nH]ccc3c12. The predicted molar refractivity (Wildman–Crippen MR) is 102 cm³/mol. The van der Waals surface area contributed by atoms with E-state index in [9.17, 15) is 4.79 Å². The Kier molecular flexibility index (Phi) is 3.58. The number of piperidine rings is 1. The number of hydrogen-bond donors (Lipinski definition) is 2. The summed E-state index contributed by atoms with van der Waals surface area (Å²) in [6.45, 7) is 3.00. The van der Waals surface area contributed by atoms with Gasteiger partial charge in [0.05, 0.1) is 17.6 Å². The Balaban J connectivity index is 1.54. The Morgan fingerprint density at radius 3 is 2.96 bits per heavy atom. The maximum Gasteiger partial charge on any atom is 0.225 e. The monoisotopic (exact) mass is 349 g/mol. The van der Waals surface area contributed by atoms with Crippen LogP contribution in [0, 0.1) is 5.92 Å². The van der Waals surface area contributed by atoms with E-state index in [1.54, 1.807) is 0 Å². The molecule has 2 atom stereocenters. The quantitative estimate of drug-likeness (QED) is 0.762. The lowest BCUT2D eigenvalue weighted by molar-refractivity contribution is -0.125. The summed E-state index contributed by atoms with van der Waals surface area (Å²) in [5.41, 5.74) is 2.92. The van der Waals surface area contributed by atoms with Crippen LogP contribution in [0.15, 0.2) is 30.7 Å². The molecule has 1 saturated carbocycles. The van der Waals surface area contributed by atoms with Crippen LogP contribution in [-0.4, -0.2) is 39.5 Å². The van der Waals surface area contributed by atoms with E-state index < -0.39 is 0 Å². The first kappa shape index (κ1) is 15.6. The molecule has 4 heterocycles. The number of fused-ring (bicyclic) bond motifs is 3. The minimum absolute atomic E-state index is 0.0542. The summed E-state index contributed by atoms with van der Waals surface area (Å²) in [7, 11) is 0. The van der Waals surface area contributed by atoms with Crippen LogP contribution in [0.2, 0.25) is 0 Å². The summed E-state index contributed by atoms with van der Waals surface area (Å²) < 4.78 is 0. The van der Waals surface area contributed by atoms with Gasteiger partial charge in [0.2, 0.25) is 5.91 Å². The number of hydrogen-bond acceptors (Lipinski definition) is 4. The van der Waals surface area contributed by atoms with E-state index in [0.717, 1.165) is 59.9 Å². The topological polar surface area (TPSA) is 73.9 Å². The fourth-order valence-electron chi connectivity index (χ4n) is 4.08. The van der Waals surface area contributed by atoms with Gasteiger partial charge < -0.3 is 15.2 Å². The van der Waals surface area contributed by atoms with Crippen molar-refractivity contribution in [2.24, 2.45) is 5.92 Å². The van der Waals surface area contributed by atoms with Crippen LogP contribution in [0.5, 0.6) is 0 Å². The molecule has 0 bridgehead atoms. The second-order valence-electron chi connectivity index (χ2n) is 7.65. The third-order valence-electron chi connectivity index (χ3n) is 5.75. The van der Waals surface area contributed by atoms with Gasteiger partial charge in [-0.25, -0.2) is 4.98 Å². The van der Waals surface area contributed by atoms with Gasteiger partial charge >= 0.3 is 0 Å². The van der Waals surface area contributed by atoms with Crippen molar-refractivity contribution in [2.75, 3.05) is 11.4 Å². The molecule has 6 heteroatoms. The molecule has 2 N–H and O–H groups in total. The van der Waals surface area contributed by atoms with Crippen LogP contribution in [0.1, 0.15) is 32.6 Å². The number of aromatic nitrogens is 3. The number of aromatic amines is 1. The minimum atomic E-state index is 0.0542. The number of carbonyl (C=O) groups is 1. The molecule has 2 aliphatic rings. The highest BCUT2D eigenvalue weighted by molar-refractivity contribution is 6.10. The number of H-pyrrole nitrogens is 1. The molecule has 0 radical (unpaired) electrons. The zero-order chi connectivity index (χ0) is 17.7. The molecule has 2 unspecified atom stereocenters. The number of anilines is 1. The molecule has 26 heavy (non-hydrogen) atoms. The summed E-state index contributed by atoms with van der Waals surface area (Å²) >= 11 is 0. The molecule has 1 saturated heterocycles. The maximum atomic E-state index is 12.6. The van der Waals surface area contributed by atoms with E-state index >= 15 is 0 Å². The van der Waals surface area contributed by atoms with Crippen LogP contribution in [0.3, 0.4) is 0 Å². The molecule has 1 amide bonds. The number of nitrogens with zero attached hydrogens (tertiary/aromatic N) is 3. The fourth-order valence-corrected chi connectivity index (χ4v) is 4.08. The van der Waals surface area contributed by atoms with Gasteiger partial charge in [-0.15, -0.1) is 0 Å². The third-order valence-corrected chi connectivity index (χ3v) is 5.75. The van der Waals surface area contributed by atoms with Crippen molar-refractivity contribution >= 4 is 33.5 Å². The van der Waals surface area contributed by atoms with Crippen molar-refractivity contribution in [1.29, 1.82) is 0 Å². The summed E-state index contributed by atoms with van der Waals surface area (Å²) in [6.07, 6.45) is 9.83. The van der Waals surface area contributed by atoms with E-state index in [0.29, 0.717) is 12.1 Å². The molecule has 5 rings (SSSR count). The van der Waals surface area contributed by atoms with Gasteiger partial charge in [0.25, 0.3) is 0 Å². The molecule has 1 aliphatic carbocycles. The highest BCUT2D eigenvalue weighted by atomic mass is 16.2. The van der Waals surface area contributed by atoms with E-state index in [2.05, 4.69) is 44.2 Å². The molecule has 0 spiro atoms. The van der Waals surface area contributed by atoms with Crippen LogP contribution in [-0.2, 0) is 4.79 Å². The van der Waals surface area contributed by atoms with Crippen LogP contribution < -0.4 is 10.2 Å². The first-order valence-corrected chi connectivity index (χ1v) is 9.48. The number of rotatable bonds is 3. The summed E-state index contributed by atoms with van der Waals surface area (Å²) in [6, 6.07) is 4.95. The molecule has 134 valence electrons. The largest absolute Gasteiger partial charge is 0.367 e. The smallest absolute Gasteiger partial charge is 0.225 e. The Morgan fingerprint density at radius 2 is 2.12 bits per heavy atom. The first-order chi connectivity index (χ1) is 12.7. The van der Waals surface area contributed by atoms with Gasteiger partial charge in [0, 0.05) is 47.5 Å². The average Bonchev–Trinajstić information content (AvgIpc) is 3.33. The molecule has 3 aromatic rings. The van der Waals surface area contributed by atoms with Crippen LogP contribution in [0.4, 0.5) is 5.69 Å². The average molecular weight is 349 g/mol. The van der Waals surface area contributed by atoms with Crippen LogP contribution >= 0.6 is 0 Å². The van der Waals surface area contributed by atoms with Crippen molar-refractivity contribution < 1.29 is 4.79 Å². The summed E-state index contributed by atoms with van der Waals surface area (Å²) in [5.74, 6) is 0.273. The van der Waals surface area contributed by atoms with E-state index in [-0.39, 0.29) is 11.8 Å². The van der Waals surface area contributed by atoms with Crippen molar-refractivity contribution in [1.82, 2.24) is 20.3 Å². The second-order valence-corrected chi connectivity index (χ2v) is 7.65. The lowest BCUT2D eigenvalue weighted by Gasteiger charge is -2.39. The zero-order valence-corrected chi connectivity index (χ0v) is 14.9. The van der Waals surface area contributed by atoms with E-state index in [1.807, 2.05) is 18.6 Å². The van der Waals surface area contributed by atoms with E-state index in [4.69, 9.17) is 0 Å². The van der Waals surface area contributed by atoms with Crippen molar-refractivity contribution in [3.8, 4) is 0 Å². The highest BCUT2D eigenvalue weighted by Gasteiger charge is 2.33. The fraction of sp³-hybridized carbons (Fsp3) is 0.450. The van der Waals surface area contributed by atoms with Crippen molar-refractivity contribution in [3.05, 3.63) is 30.7 Å². The summed E-state index contributed by atoms with van der Waals surface area (Å²) in [4.78, 5) is 27.1. The third kappa shape index (κ3) is 2.60. The number of nitrogens with one attached hydrogen (secondary N) is 2. The zero-order valence-electron chi connectivity index (χ0n) is 14.9. The Bertz CT molecular complexity index is 977. The molecule has 6 nitrogen and oxygen atoms in total. The normalized spacial score (nSPS) is 23.5. The molecule has 0 aromatic carbocycles. The van der Waals surface area contributed by atoms with Gasteiger partial charge in [-0.05, 0) is 44.7 Å². The predicted octanol–water partition coefficient (Wildman–Crippen LogP) is 2.99. The molecule has 1 aliphatic heterocycles. The van der Waals surface area contributed by atoms with Crippen molar-refractivity contribution in [2.45, 2.75) is 44.7 Å². The molecular formula is C20H23N5O. The van der Waals surface area contributed by atoms with Crippen LogP contribution in [0.25, 0.3) is 21.9 Å². The lowest BCUT2D eigenvalue weighted by atomic mass is 9.91. The summed E-state index contributed by atoms with van der Waals surface area (Å²) in [5, 5.41) is 5.38. The second kappa shape index (κ2) is 5.97. The number of amides is 1. The Hall–Kier alpha value is -2.63. The Morgan fingerprint density at radius 1 is 1.23 bits per heavy atom. The number of pyridine rings is 2. The molecule has 2 fully saturated rings. The van der Waals surface area contributed by atoms with Gasteiger partial charge in [0.1, 0.15) is 5.65 Å². The highest BCUT2D eigenvalue weighted by Crippen LogP contribution is 2.35. The number of carbonyl (C=O) groups excluding carboxylic acids is 1. The van der Waals surface area contributed by atoms with E-state index in [1.165, 1.54) is 0 Å². The van der Waals surface area contributed by atoms with Crippen molar-refractivity contribution in [3.63, 3.8) is 0 Å². The first-order valence-electron chi connectivity index (χ1n) is 9.48. The van der Waals surface area contributed by atoms with Gasteiger partial charge in [0.15, 0.2) is 0 Å². The van der Waals surface area contributed by atoms with Gasteiger partial charge in [-0.2, -0.15) is 0 Å². The molecular weight excluding hydrogens is 326 g/mol. The van der Waals surface area contributed by atoms with Gasteiger partial charge in [-0.3, -0.25) is 9.78 Å². The minimum Gasteiger partial charge on any atom is -0.367 e. The standard InChI is InChI=1S/C20H23N5O/c1-12-2-3-13(20(26)24-14-4-5-14)11-25(12)17-7-9-21-16-10-23-19-15(18(16)17)6-8-22-19/h6-10,12-14H,2-5,11H2,1H3,(H,22,23)(H,24,26). The maximum absolute atomic E-state index is 12.6. The lowest BCUT2D eigenvalue weighted by Crippen LogP contribution is -2.47. The Labute approximate surface area is 152 Å². The van der Waals surface area contributed by atoms with Gasteiger partial charge in [-0.1, -0.05) is 0 Å².